The number of Topliss-reactive ketones (excluding diaryl/α,β-unsaturated/α-hetero) is 1. The average molecular weight is 434 g/mol. The topological polar surface area (TPSA) is 52.6 Å². The van der Waals surface area contributed by atoms with Gasteiger partial charge in [-0.3, -0.25) is 14.5 Å². The maximum atomic E-state index is 12.6. The molecule has 0 unspecified atom stereocenters. The number of nitrogens with one attached hydrogen (secondary N) is 1. The van der Waals surface area contributed by atoms with Crippen LogP contribution in [0.2, 0.25) is 0 Å². The van der Waals surface area contributed by atoms with Crippen molar-refractivity contribution in [1.82, 2.24) is 15.1 Å². The molecule has 5 heteroatoms. The van der Waals surface area contributed by atoms with Crippen LogP contribution in [-0.2, 0) is 30.7 Å². The van der Waals surface area contributed by atoms with E-state index in [-0.39, 0.29) is 24.5 Å². The van der Waals surface area contributed by atoms with Crippen LogP contribution in [-0.4, -0.2) is 54.7 Å². The number of likely N-dealkylation sites (N-methyl/N-ethyl adjacent to an activating group) is 1. The molecule has 32 heavy (non-hydrogen) atoms. The van der Waals surface area contributed by atoms with E-state index in [9.17, 15) is 9.59 Å². The molecule has 0 aromatic heterocycles. The Bertz CT molecular complexity index is 948. The zero-order valence-electron chi connectivity index (χ0n) is 19.2. The van der Waals surface area contributed by atoms with E-state index in [1.54, 1.807) is 0 Å². The summed E-state index contributed by atoms with van der Waals surface area (Å²) in [5, 5.41) is 2.98. The Morgan fingerprint density at radius 1 is 0.875 bits per heavy atom. The first kappa shape index (κ1) is 22.7. The molecule has 1 heterocycles. The standard InChI is InChI=1S/C27H35N3O2/c1-29-13-15-30(16-14-29)20-22-6-4-5-21(17-22)19-28-27(32)12-11-26(31)25-10-9-23-7-2-3-8-24(23)18-25/h4-6,9-10,17-18H,2-3,7-8,11-16,19-20H2,1H3,(H,28,32). The molecular formula is C27H35N3O2. The van der Waals surface area contributed by atoms with E-state index in [1.807, 2.05) is 18.2 Å². The number of rotatable bonds is 8. The molecule has 0 radical (unpaired) electrons. The van der Waals surface area contributed by atoms with Gasteiger partial charge in [0.15, 0.2) is 5.78 Å². The summed E-state index contributed by atoms with van der Waals surface area (Å²) in [7, 11) is 2.17. The summed E-state index contributed by atoms with van der Waals surface area (Å²) >= 11 is 0. The highest BCUT2D eigenvalue weighted by molar-refractivity contribution is 5.98. The summed E-state index contributed by atoms with van der Waals surface area (Å²) in [6, 6.07) is 14.5. The second-order valence-electron chi connectivity index (χ2n) is 9.29. The second-order valence-corrected chi connectivity index (χ2v) is 9.29. The van der Waals surface area contributed by atoms with Crippen molar-refractivity contribution in [2.75, 3.05) is 33.2 Å². The predicted molar refractivity (Wildman–Crippen MR) is 128 cm³/mol. The lowest BCUT2D eigenvalue weighted by Crippen LogP contribution is -2.43. The van der Waals surface area contributed by atoms with Gasteiger partial charge in [-0.25, -0.2) is 0 Å². The van der Waals surface area contributed by atoms with Gasteiger partial charge in [-0.1, -0.05) is 36.4 Å². The summed E-state index contributed by atoms with van der Waals surface area (Å²) in [4.78, 5) is 29.8. The van der Waals surface area contributed by atoms with E-state index in [0.717, 1.165) is 56.7 Å². The minimum Gasteiger partial charge on any atom is -0.352 e. The Kier molecular flexibility index (Phi) is 7.72. The number of fused-ring (bicyclic) bond motifs is 1. The van der Waals surface area contributed by atoms with Crippen LogP contribution in [0.4, 0.5) is 0 Å². The van der Waals surface area contributed by atoms with Gasteiger partial charge in [0, 0.05) is 57.7 Å². The van der Waals surface area contributed by atoms with E-state index in [4.69, 9.17) is 0 Å². The average Bonchev–Trinajstić information content (AvgIpc) is 2.82. The summed E-state index contributed by atoms with van der Waals surface area (Å²) in [6.07, 6.45) is 5.10. The van der Waals surface area contributed by atoms with E-state index < -0.39 is 0 Å². The van der Waals surface area contributed by atoms with Gasteiger partial charge in [0.25, 0.3) is 0 Å². The van der Waals surface area contributed by atoms with Crippen LogP contribution >= 0.6 is 0 Å². The van der Waals surface area contributed by atoms with Crippen molar-refractivity contribution < 1.29 is 9.59 Å². The molecule has 0 atom stereocenters. The quantitative estimate of drug-likeness (QED) is 0.647. The first-order valence-electron chi connectivity index (χ1n) is 12.0. The molecule has 2 aliphatic rings. The molecule has 1 aliphatic heterocycles. The Labute approximate surface area is 191 Å². The number of carbonyl (C=O) groups excluding carboxylic acids is 2. The molecular weight excluding hydrogens is 398 g/mol. The first-order chi connectivity index (χ1) is 15.6. The maximum absolute atomic E-state index is 12.6. The largest absolute Gasteiger partial charge is 0.352 e. The number of piperazine rings is 1. The van der Waals surface area contributed by atoms with Gasteiger partial charge < -0.3 is 10.2 Å². The van der Waals surface area contributed by atoms with E-state index in [1.165, 1.54) is 29.5 Å². The number of carbonyl (C=O) groups is 2. The lowest BCUT2D eigenvalue weighted by atomic mass is 9.89. The summed E-state index contributed by atoms with van der Waals surface area (Å²) in [6.45, 7) is 5.86. The van der Waals surface area contributed by atoms with Crippen LogP contribution in [0.5, 0.6) is 0 Å². The number of nitrogens with zero attached hydrogens (tertiary/aromatic N) is 2. The molecule has 1 fully saturated rings. The number of hydrogen-bond acceptors (Lipinski definition) is 4. The molecule has 2 aromatic carbocycles. The van der Waals surface area contributed by atoms with Crippen molar-refractivity contribution in [3.05, 3.63) is 70.3 Å². The van der Waals surface area contributed by atoms with Crippen LogP contribution in [0, 0.1) is 0 Å². The van der Waals surface area contributed by atoms with E-state index in [2.05, 4.69) is 46.4 Å². The highest BCUT2D eigenvalue weighted by atomic mass is 16.2. The minimum atomic E-state index is -0.0687. The van der Waals surface area contributed by atoms with Crippen molar-refractivity contribution in [2.24, 2.45) is 0 Å². The zero-order valence-corrected chi connectivity index (χ0v) is 19.2. The normalized spacial score (nSPS) is 17.0. The van der Waals surface area contributed by atoms with Gasteiger partial charge in [-0.05, 0) is 61.1 Å². The van der Waals surface area contributed by atoms with Crippen molar-refractivity contribution in [3.8, 4) is 0 Å². The molecule has 1 amide bonds. The Morgan fingerprint density at radius 2 is 1.62 bits per heavy atom. The Balaban J connectivity index is 1.22. The van der Waals surface area contributed by atoms with Gasteiger partial charge in [0.05, 0.1) is 0 Å². The minimum absolute atomic E-state index is 0.0581. The number of benzene rings is 2. The molecule has 0 bridgehead atoms. The molecule has 0 spiro atoms. The summed E-state index contributed by atoms with van der Waals surface area (Å²) in [5.41, 5.74) is 5.81. The maximum Gasteiger partial charge on any atom is 0.220 e. The molecule has 4 rings (SSSR count). The van der Waals surface area contributed by atoms with Crippen molar-refractivity contribution in [2.45, 2.75) is 51.6 Å². The van der Waals surface area contributed by atoms with Gasteiger partial charge in [-0.2, -0.15) is 0 Å². The fourth-order valence-corrected chi connectivity index (χ4v) is 4.67. The monoisotopic (exact) mass is 433 g/mol. The number of hydrogen-bond donors (Lipinski definition) is 1. The fourth-order valence-electron chi connectivity index (χ4n) is 4.67. The van der Waals surface area contributed by atoms with E-state index in [0.29, 0.717) is 6.54 Å². The number of amides is 1. The molecule has 2 aromatic rings. The van der Waals surface area contributed by atoms with Gasteiger partial charge >= 0.3 is 0 Å². The van der Waals surface area contributed by atoms with Crippen LogP contribution in [0.15, 0.2) is 42.5 Å². The summed E-state index contributed by atoms with van der Waals surface area (Å²) < 4.78 is 0. The Morgan fingerprint density at radius 3 is 2.44 bits per heavy atom. The number of aryl methyl sites for hydroxylation is 2. The lowest BCUT2D eigenvalue weighted by Gasteiger charge is -2.32. The molecule has 1 aliphatic carbocycles. The molecule has 5 nitrogen and oxygen atoms in total. The predicted octanol–water partition coefficient (Wildman–Crippen LogP) is 3.59. The van der Waals surface area contributed by atoms with Gasteiger partial charge in [0.1, 0.15) is 0 Å². The van der Waals surface area contributed by atoms with Crippen LogP contribution in [0.25, 0.3) is 0 Å². The van der Waals surface area contributed by atoms with Crippen LogP contribution in [0.3, 0.4) is 0 Å². The van der Waals surface area contributed by atoms with Crippen LogP contribution < -0.4 is 5.32 Å². The Hall–Kier alpha value is -2.50. The second kappa shape index (κ2) is 10.9. The third-order valence-electron chi connectivity index (χ3n) is 6.73. The smallest absolute Gasteiger partial charge is 0.220 e. The van der Waals surface area contributed by atoms with Crippen molar-refractivity contribution >= 4 is 11.7 Å². The van der Waals surface area contributed by atoms with E-state index >= 15 is 0 Å². The SMILES string of the molecule is CN1CCN(Cc2cccc(CNC(=O)CCC(=O)c3ccc4c(c3)CCCC4)c2)CC1. The van der Waals surface area contributed by atoms with Crippen molar-refractivity contribution in [1.29, 1.82) is 0 Å². The zero-order chi connectivity index (χ0) is 22.3. The summed E-state index contributed by atoms with van der Waals surface area (Å²) in [5.74, 6) is -0.0107. The van der Waals surface area contributed by atoms with Crippen LogP contribution in [0.1, 0.15) is 58.3 Å². The lowest BCUT2D eigenvalue weighted by molar-refractivity contribution is -0.121. The third kappa shape index (κ3) is 6.27. The highest BCUT2D eigenvalue weighted by Crippen LogP contribution is 2.23. The molecule has 1 saturated heterocycles. The van der Waals surface area contributed by atoms with Crippen molar-refractivity contribution in [3.63, 3.8) is 0 Å². The molecule has 0 saturated carbocycles. The third-order valence-corrected chi connectivity index (χ3v) is 6.73. The van der Waals surface area contributed by atoms with Gasteiger partial charge in [-0.15, -0.1) is 0 Å². The highest BCUT2D eigenvalue weighted by Gasteiger charge is 2.15. The first-order valence-corrected chi connectivity index (χ1v) is 12.0. The fraction of sp³-hybridized carbons (Fsp3) is 0.481. The van der Waals surface area contributed by atoms with Gasteiger partial charge in [0.2, 0.25) is 5.91 Å². The molecule has 170 valence electrons. The number of ketones is 1. The molecule has 1 N–H and O–H groups in total.